The van der Waals surface area contributed by atoms with Crippen molar-refractivity contribution >= 4 is 12.3 Å². The van der Waals surface area contributed by atoms with Gasteiger partial charge in [-0.15, -0.1) is 0 Å². The van der Waals surface area contributed by atoms with Crippen LogP contribution in [0.5, 0.6) is 0 Å². The first-order chi connectivity index (χ1) is 8.72. The number of carbonyl (C=O) groups excluding carboxylic acids is 2. The van der Waals surface area contributed by atoms with Crippen LogP contribution in [-0.4, -0.2) is 19.4 Å². The second-order valence-electron chi connectivity index (χ2n) is 3.80. The van der Waals surface area contributed by atoms with E-state index >= 15 is 0 Å². The van der Waals surface area contributed by atoms with Crippen LogP contribution in [0.2, 0.25) is 0 Å². The number of benzene rings is 1. The van der Waals surface area contributed by atoms with E-state index in [0.717, 1.165) is 11.8 Å². The van der Waals surface area contributed by atoms with Crippen LogP contribution in [-0.2, 0) is 11.2 Å². The van der Waals surface area contributed by atoms with Crippen molar-refractivity contribution in [1.82, 2.24) is 0 Å². The van der Waals surface area contributed by atoms with Gasteiger partial charge in [0.05, 0.1) is 7.11 Å². The fraction of sp³-hybridized carbons (Fsp3) is 0.143. The smallest absolute Gasteiger partial charge is 0.373 e. The summed E-state index contributed by atoms with van der Waals surface area (Å²) in [5.41, 5.74) is 1.57. The van der Waals surface area contributed by atoms with Crippen LogP contribution in [0, 0.1) is 0 Å². The number of carbonyl (C=O) groups is 2. The Morgan fingerprint density at radius 2 is 2.17 bits per heavy atom. The van der Waals surface area contributed by atoms with Crippen LogP contribution in [0.3, 0.4) is 0 Å². The number of esters is 1. The lowest BCUT2D eigenvalue weighted by atomic mass is 10.1. The molecule has 2 aromatic rings. The second kappa shape index (κ2) is 5.31. The Kier molecular flexibility index (Phi) is 3.57. The number of rotatable bonds is 4. The topological polar surface area (TPSA) is 56.5 Å². The molecule has 0 N–H and O–H groups in total. The average molecular weight is 244 g/mol. The third-order valence-corrected chi connectivity index (χ3v) is 2.51. The molecule has 1 aromatic carbocycles. The van der Waals surface area contributed by atoms with Crippen molar-refractivity contribution in [3.05, 3.63) is 59.0 Å². The van der Waals surface area contributed by atoms with Gasteiger partial charge in [-0.05, 0) is 23.8 Å². The SMILES string of the molecule is COC(=O)c1ccc(Cc2cccc(C=O)c2)o1. The summed E-state index contributed by atoms with van der Waals surface area (Å²) in [5, 5.41) is 0. The summed E-state index contributed by atoms with van der Waals surface area (Å²) < 4.78 is 9.91. The summed E-state index contributed by atoms with van der Waals surface area (Å²) >= 11 is 0. The lowest BCUT2D eigenvalue weighted by Crippen LogP contribution is -1.98. The molecule has 0 spiro atoms. The molecule has 4 nitrogen and oxygen atoms in total. The molecule has 92 valence electrons. The van der Waals surface area contributed by atoms with E-state index in [-0.39, 0.29) is 5.76 Å². The molecule has 0 amide bonds. The largest absolute Gasteiger partial charge is 0.463 e. The molecule has 0 aliphatic carbocycles. The molecular weight excluding hydrogens is 232 g/mol. The van der Waals surface area contributed by atoms with Crippen LogP contribution < -0.4 is 0 Å². The van der Waals surface area contributed by atoms with Crippen LogP contribution in [0.15, 0.2) is 40.8 Å². The third kappa shape index (κ3) is 2.66. The minimum atomic E-state index is -0.497. The first-order valence-electron chi connectivity index (χ1n) is 5.44. The molecule has 0 saturated carbocycles. The number of aldehydes is 1. The molecule has 0 aliphatic rings. The molecule has 0 radical (unpaired) electrons. The minimum absolute atomic E-state index is 0.180. The van der Waals surface area contributed by atoms with Crippen LogP contribution in [0.4, 0.5) is 0 Å². The standard InChI is InChI=1S/C14H12O4/c1-17-14(16)13-6-5-12(18-13)8-10-3-2-4-11(7-10)9-15/h2-7,9H,8H2,1H3. The quantitative estimate of drug-likeness (QED) is 0.612. The van der Waals surface area contributed by atoms with Crippen LogP contribution >= 0.6 is 0 Å². The summed E-state index contributed by atoms with van der Waals surface area (Å²) in [6.45, 7) is 0. The molecule has 4 heteroatoms. The summed E-state index contributed by atoms with van der Waals surface area (Å²) in [7, 11) is 1.30. The summed E-state index contributed by atoms with van der Waals surface area (Å²) in [6, 6.07) is 10.5. The van der Waals surface area contributed by atoms with Gasteiger partial charge in [0.15, 0.2) is 0 Å². The van der Waals surface area contributed by atoms with E-state index in [2.05, 4.69) is 4.74 Å². The van der Waals surface area contributed by atoms with Gasteiger partial charge in [0.2, 0.25) is 5.76 Å². The predicted octanol–water partition coefficient (Wildman–Crippen LogP) is 2.47. The molecule has 18 heavy (non-hydrogen) atoms. The van der Waals surface area contributed by atoms with Crippen molar-refractivity contribution in [2.45, 2.75) is 6.42 Å². The lowest BCUT2D eigenvalue weighted by Gasteiger charge is -1.99. The van der Waals surface area contributed by atoms with Crippen molar-refractivity contribution < 1.29 is 18.7 Å². The number of ether oxygens (including phenoxy) is 1. The van der Waals surface area contributed by atoms with Gasteiger partial charge in [0.25, 0.3) is 0 Å². The van der Waals surface area contributed by atoms with Crippen molar-refractivity contribution in [1.29, 1.82) is 0 Å². The number of hydrogen-bond acceptors (Lipinski definition) is 4. The maximum absolute atomic E-state index is 11.2. The zero-order valence-electron chi connectivity index (χ0n) is 9.88. The Labute approximate surface area is 104 Å². The van der Waals surface area contributed by atoms with Gasteiger partial charge in [-0.2, -0.15) is 0 Å². The van der Waals surface area contributed by atoms with E-state index in [4.69, 9.17) is 4.42 Å². The summed E-state index contributed by atoms with van der Waals surface area (Å²) in [4.78, 5) is 21.9. The third-order valence-electron chi connectivity index (χ3n) is 2.51. The van der Waals surface area contributed by atoms with E-state index < -0.39 is 5.97 Å². The van der Waals surface area contributed by atoms with Gasteiger partial charge >= 0.3 is 5.97 Å². The zero-order chi connectivity index (χ0) is 13.0. The van der Waals surface area contributed by atoms with E-state index in [9.17, 15) is 9.59 Å². The molecule has 0 unspecified atom stereocenters. The van der Waals surface area contributed by atoms with Crippen molar-refractivity contribution in [3.63, 3.8) is 0 Å². The maximum Gasteiger partial charge on any atom is 0.373 e. The monoisotopic (exact) mass is 244 g/mol. The molecule has 2 rings (SSSR count). The molecule has 1 aromatic heterocycles. The van der Waals surface area contributed by atoms with E-state index in [0.29, 0.717) is 17.7 Å². The van der Waals surface area contributed by atoms with E-state index in [1.165, 1.54) is 7.11 Å². The van der Waals surface area contributed by atoms with Crippen molar-refractivity contribution in [3.8, 4) is 0 Å². The lowest BCUT2D eigenvalue weighted by molar-refractivity contribution is 0.0563. The van der Waals surface area contributed by atoms with Crippen molar-refractivity contribution in [2.75, 3.05) is 7.11 Å². The summed E-state index contributed by atoms with van der Waals surface area (Å²) in [6.07, 6.45) is 1.32. The van der Waals surface area contributed by atoms with Gasteiger partial charge in [0, 0.05) is 12.0 Å². The summed E-state index contributed by atoms with van der Waals surface area (Å²) in [5.74, 6) is 0.334. The first-order valence-corrected chi connectivity index (χ1v) is 5.44. The van der Waals surface area contributed by atoms with Gasteiger partial charge < -0.3 is 9.15 Å². The number of methoxy groups -OCH3 is 1. The molecule has 0 fully saturated rings. The molecule has 0 atom stereocenters. The molecular formula is C14H12O4. The minimum Gasteiger partial charge on any atom is -0.463 e. The molecule has 0 saturated heterocycles. The van der Waals surface area contributed by atoms with E-state index in [1.807, 2.05) is 12.1 Å². The van der Waals surface area contributed by atoms with Gasteiger partial charge in [-0.25, -0.2) is 4.79 Å². The number of furan rings is 1. The van der Waals surface area contributed by atoms with E-state index in [1.54, 1.807) is 24.3 Å². The predicted molar refractivity (Wildman–Crippen MR) is 64.7 cm³/mol. The Morgan fingerprint density at radius 3 is 2.89 bits per heavy atom. The fourth-order valence-electron chi connectivity index (χ4n) is 1.66. The van der Waals surface area contributed by atoms with Crippen LogP contribution in [0.25, 0.3) is 0 Å². The highest BCUT2D eigenvalue weighted by molar-refractivity contribution is 5.86. The Morgan fingerprint density at radius 1 is 1.33 bits per heavy atom. The Hall–Kier alpha value is -2.36. The highest BCUT2D eigenvalue weighted by atomic mass is 16.5. The Balaban J connectivity index is 2.15. The van der Waals surface area contributed by atoms with Gasteiger partial charge in [-0.3, -0.25) is 4.79 Å². The zero-order valence-corrected chi connectivity index (χ0v) is 9.88. The fourth-order valence-corrected chi connectivity index (χ4v) is 1.66. The Bertz CT molecular complexity index is 569. The van der Waals surface area contributed by atoms with Gasteiger partial charge in [-0.1, -0.05) is 18.2 Å². The highest BCUT2D eigenvalue weighted by Gasteiger charge is 2.11. The first kappa shape index (κ1) is 12.1. The van der Waals surface area contributed by atoms with Crippen molar-refractivity contribution in [2.24, 2.45) is 0 Å². The average Bonchev–Trinajstić information content (AvgIpc) is 2.86. The molecule has 1 heterocycles. The molecule has 0 bridgehead atoms. The highest BCUT2D eigenvalue weighted by Crippen LogP contribution is 2.14. The number of hydrogen-bond donors (Lipinski definition) is 0. The molecule has 0 aliphatic heterocycles. The van der Waals surface area contributed by atoms with Crippen LogP contribution in [0.1, 0.15) is 32.2 Å². The van der Waals surface area contributed by atoms with Gasteiger partial charge in [0.1, 0.15) is 12.0 Å². The normalized spacial score (nSPS) is 10.1. The maximum atomic E-state index is 11.2. The second-order valence-corrected chi connectivity index (χ2v) is 3.80.